The molecule has 1 spiro atoms. The molecule has 0 aromatic rings. The number of fused-ring (bicyclic) bond motifs is 2. The van der Waals surface area contributed by atoms with Gasteiger partial charge in [0.25, 0.3) is 0 Å². The number of carboxylic acids is 1. The van der Waals surface area contributed by atoms with Crippen molar-refractivity contribution in [2.75, 3.05) is 0 Å². The van der Waals surface area contributed by atoms with Crippen molar-refractivity contribution in [1.82, 2.24) is 5.32 Å². The highest BCUT2D eigenvalue weighted by Crippen LogP contribution is 2.60. The molecule has 0 aromatic heterocycles. The number of esters is 1. The number of nitrogens with one attached hydrogen (secondary N) is 1. The van der Waals surface area contributed by atoms with Crippen LogP contribution >= 0.6 is 0 Å². The van der Waals surface area contributed by atoms with Gasteiger partial charge in [-0.05, 0) is 50.4 Å². The standard InChI is InChI=1S/C25H39NO9/c1-13(2)12-18(21(29)30)26-19(27)8-9-20(28)31-22-15(4)17-7-6-14(3)16-10-11-24(5)33-23(32-22)25(16,17)35-34-24/h13-18,22-23H,6-12H2,1-5H3,(H,26,27)(H,29,30)/t14-,15-,16+,17+,18+,22-,23-,24-,25+/m1/s1. The third kappa shape index (κ3) is 5.08. The lowest BCUT2D eigenvalue weighted by molar-refractivity contribution is -0.576. The largest absolute Gasteiger partial charge is 0.480 e. The lowest BCUT2D eigenvalue weighted by atomic mass is 9.58. The third-order valence-corrected chi connectivity index (χ3v) is 8.24. The van der Waals surface area contributed by atoms with Crippen molar-refractivity contribution in [3.8, 4) is 0 Å². The first-order chi connectivity index (χ1) is 16.4. The molecule has 5 aliphatic rings. The molecule has 2 bridgehead atoms. The van der Waals surface area contributed by atoms with E-state index < -0.39 is 47.9 Å². The number of hydrogen-bond acceptors (Lipinski definition) is 8. The lowest BCUT2D eigenvalue weighted by Crippen LogP contribution is -2.70. The normalized spacial score (nSPS) is 41.0. The quantitative estimate of drug-likeness (QED) is 0.384. The predicted octanol–water partition coefficient (Wildman–Crippen LogP) is 3.13. The Kier molecular flexibility index (Phi) is 7.48. The Labute approximate surface area is 206 Å². The molecule has 0 radical (unpaired) electrons. The number of amides is 1. The van der Waals surface area contributed by atoms with E-state index >= 15 is 0 Å². The van der Waals surface area contributed by atoms with Gasteiger partial charge < -0.3 is 24.6 Å². The summed E-state index contributed by atoms with van der Waals surface area (Å²) in [6.45, 7) is 9.81. The molecular formula is C25H39NO9. The van der Waals surface area contributed by atoms with E-state index in [1.54, 1.807) is 0 Å². The highest BCUT2D eigenvalue weighted by Gasteiger charge is 2.69. The molecule has 1 saturated carbocycles. The number of carbonyl (C=O) groups excluding carboxylic acids is 2. The van der Waals surface area contributed by atoms with Crippen LogP contribution < -0.4 is 5.32 Å². The molecule has 35 heavy (non-hydrogen) atoms. The van der Waals surface area contributed by atoms with Crippen molar-refractivity contribution < 1.29 is 43.5 Å². The second kappa shape index (κ2) is 9.95. The average Bonchev–Trinajstić information content (AvgIpc) is 3.01. The van der Waals surface area contributed by atoms with Crippen LogP contribution in [0.4, 0.5) is 0 Å². The molecular weight excluding hydrogens is 458 g/mol. The van der Waals surface area contributed by atoms with Gasteiger partial charge in [-0.1, -0.05) is 27.7 Å². The number of carbonyl (C=O) groups is 3. The minimum Gasteiger partial charge on any atom is -0.480 e. The summed E-state index contributed by atoms with van der Waals surface area (Å²) in [6.07, 6.45) is 1.95. The van der Waals surface area contributed by atoms with Crippen molar-refractivity contribution >= 4 is 17.8 Å². The first-order valence-electron chi connectivity index (χ1n) is 12.9. The third-order valence-electron chi connectivity index (χ3n) is 8.24. The Morgan fingerprint density at radius 2 is 1.83 bits per heavy atom. The molecule has 10 heteroatoms. The Balaban J connectivity index is 1.38. The Morgan fingerprint density at radius 1 is 1.09 bits per heavy atom. The van der Waals surface area contributed by atoms with Crippen LogP contribution in [0.25, 0.3) is 0 Å². The van der Waals surface area contributed by atoms with Crippen LogP contribution in [0.15, 0.2) is 0 Å². The molecule has 10 nitrogen and oxygen atoms in total. The van der Waals surface area contributed by atoms with Crippen molar-refractivity contribution in [3.05, 3.63) is 0 Å². The maximum absolute atomic E-state index is 12.6. The van der Waals surface area contributed by atoms with Crippen LogP contribution in [0.3, 0.4) is 0 Å². The summed E-state index contributed by atoms with van der Waals surface area (Å²) in [4.78, 5) is 48.1. The molecule has 4 heterocycles. The van der Waals surface area contributed by atoms with Gasteiger partial charge in [0.2, 0.25) is 18.0 Å². The highest BCUT2D eigenvalue weighted by molar-refractivity contribution is 5.85. The maximum Gasteiger partial charge on any atom is 0.326 e. The van der Waals surface area contributed by atoms with Gasteiger partial charge in [0.15, 0.2) is 11.9 Å². The summed E-state index contributed by atoms with van der Waals surface area (Å²) < 4.78 is 18.2. The van der Waals surface area contributed by atoms with Gasteiger partial charge in [-0.15, -0.1) is 0 Å². The molecule has 1 aliphatic carbocycles. The zero-order valence-electron chi connectivity index (χ0n) is 21.3. The van der Waals surface area contributed by atoms with Gasteiger partial charge in [-0.3, -0.25) is 9.59 Å². The topological polar surface area (TPSA) is 130 Å². The van der Waals surface area contributed by atoms with E-state index in [0.717, 1.165) is 19.3 Å². The summed E-state index contributed by atoms with van der Waals surface area (Å²) in [7, 11) is 0. The highest BCUT2D eigenvalue weighted by atomic mass is 17.3. The molecule has 1 amide bonds. The van der Waals surface area contributed by atoms with Gasteiger partial charge in [-0.2, -0.15) is 0 Å². The Hall–Kier alpha value is -1.75. The number of carboxylic acid groups (broad SMARTS) is 1. The SMILES string of the molecule is CC(C)C[C@H](NC(=O)CCC(=O)O[C@@H]1O[C@@H]2O[C@@]3(C)CC[C@H]4[C@H](C)CC[C@@H]([C@H]1C)[C@]24OO3)C(=O)O. The summed E-state index contributed by atoms with van der Waals surface area (Å²) in [5.74, 6) is -2.46. The smallest absolute Gasteiger partial charge is 0.326 e. The minimum atomic E-state index is -1.09. The lowest BCUT2D eigenvalue weighted by Gasteiger charge is -2.59. The molecule has 2 N–H and O–H groups in total. The fourth-order valence-electron chi connectivity index (χ4n) is 6.37. The minimum absolute atomic E-state index is 0.0264. The molecule has 198 valence electrons. The van der Waals surface area contributed by atoms with E-state index in [2.05, 4.69) is 12.2 Å². The molecule has 5 rings (SSSR count). The van der Waals surface area contributed by atoms with Crippen LogP contribution in [0.1, 0.15) is 79.6 Å². The first kappa shape index (κ1) is 26.3. The fraction of sp³-hybridized carbons (Fsp3) is 0.880. The van der Waals surface area contributed by atoms with E-state index in [0.29, 0.717) is 18.8 Å². The number of ether oxygens (including phenoxy) is 3. The van der Waals surface area contributed by atoms with Gasteiger partial charge in [0.05, 0.1) is 6.42 Å². The number of hydrogen-bond donors (Lipinski definition) is 2. The summed E-state index contributed by atoms with van der Waals surface area (Å²) in [6, 6.07) is -0.982. The molecule has 9 atom stereocenters. The van der Waals surface area contributed by atoms with Crippen LogP contribution in [-0.4, -0.2) is 53.0 Å². The van der Waals surface area contributed by atoms with Gasteiger partial charge in [0.1, 0.15) is 6.04 Å². The van der Waals surface area contributed by atoms with Crippen molar-refractivity contribution in [2.24, 2.45) is 29.6 Å². The zero-order chi connectivity index (χ0) is 25.5. The van der Waals surface area contributed by atoms with E-state index in [1.807, 2.05) is 27.7 Å². The van der Waals surface area contributed by atoms with Gasteiger partial charge >= 0.3 is 11.9 Å². The van der Waals surface area contributed by atoms with E-state index in [-0.39, 0.29) is 36.5 Å². The van der Waals surface area contributed by atoms with E-state index in [4.69, 9.17) is 24.0 Å². The van der Waals surface area contributed by atoms with Crippen LogP contribution in [-0.2, 0) is 38.4 Å². The first-order valence-corrected chi connectivity index (χ1v) is 12.9. The van der Waals surface area contributed by atoms with Crippen molar-refractivity contribution in [3.63, 3.8) is 0 Å². The summed E-state index contributed by atoms with van der Waals surface area (Å²) in [5, 5.41) is 11.8. The Morgan fingerprint density at radius 3 is 2.51 bits per heavy atom. The van der Waals surface area contributed by atoms with Gasteiger partial charge in [0, 0.05) is 24.7 Å². The fourth-order valence-corrected chi connectivity index (χ4v) is 6.37. The summed E-state index contributed by atoms with van der Waals surface area (Å²) >= 11 is 0. The van der Waals surface area contributed by atoms with Crippen molar-refractivity contribution in [1.29, 1.82) is 0 Å². The molecule has 5 fully saturated rings. The van der Waals surface area contributed by atoms with E-state index in [9.17, 15) is 19.5 Å². The summed E-state index contributed by atoms with van der Waals surface area (Å²) in [5.41, 5.74) is -0.738. The zero-order valence-corrected chi connectivity index (χ0v) is 21.3. The van der Waals surface area contributed by atoms with Gasteiger partial charge in [-0.25, -0.2) is 14.6 Å². The second-order valence-electron chi connectivity index (χ2n) is 11.4. The molecule has 0 aromatic carbocycles. The average molecular weight is 498 g/mol. The number of rotatable bonds is 8. The number of aliphatic carboxylic acids is 1. The van der Waals surface area contributed by atoms with Crippen LogP contribution in [0.5, 0.6) is 0 Å². The second-order valence-corrected chi connectivity index (χ2v) is 11.4. The van der Waals surface area contributed by atoms with Crippen molar-refractivity contribution in [2.45, 2.75) is 110 Å². The predicted molar refractivity (Wildman–Crippen MR) is 121 cm³/mol. The van der Waals surface area contributed by atoms with E-state index in [1.165, 1.54) is 0 Å². The monoisotopic (exact) mass is 497 g/mol. The molecule has 0 unspecified atom stereocenters. The van der Waals surface area contributed by atoms with Crippen LogP contribution in [0.2, 0.25) is 0 Å². The molecule has 4 saturated heterocycles. The van der Waals surface area contributed by atoms with Crippen LogP contribution in [0, 0.1) is 29.6 Å². The maximum atomic E-state index is 12.6. The Bertz CT molecular complexity index is 834. The molecule has 4 aliphatic heterocycles.